The fraction of sp³-hybridized carbons (Fsp3) is 0.800. The summed E-state index contributed by atoms with van der Waals surface area (Å²) in [5.41, 5.74) is 0.0624. The van der Waals surface area contributed by atoms with Crippen LogP contribution in [0.1, 0.15) is 52.5 Å². The van der Waals surface area contributed by atoms with Gasteiger partial charge in [0.2, 0.25) is 0 Å². The SMILES string of the molecule is CC(C)(C)[Si](C)(C)O[C@H]1CCC[C@@H](n2cc([N+](=O)[O-])cn2)C1. The maximum absolute atomic E-state index is 10.8. The summed E-state index contributed by atoms with van der Waals surface area (Å²) in [6.07, 6.45) is 7.17. The largest absolute Gasteiger partial charge is 0.414 e. The molecule has 0 aliphatic heterocycles. The van der Waals surface area contributed by atoms with Crippen LogP contribution in [-0.4, -0.2) is 29.1 Å². The van der Waals surface area contributed by atoms with Crippen LogP contribution in [0.5, 0.6) is 0 Å². The summed E-state index contributed by atoms with van der Waals surface area (Å²) in [4.78, 5) is 10.4. The van der Waals surface area contributed by atoms with Gasteiger partial charge in [0.1, 0.15) is 12.4 Å². The minimum atomic E-state index is -1.77. The van der Waals surface area contributed by atoms with Gasteiger partial charge in [-0.1, -0.05) is 20.8 Å². The molecule has 0 amide bonds. The number of nitrogens with zero attached hydrogens (tertiary/aromatic N) is 3. The van der Waals surface area contributed by atoms with E-state index in [0.717, 1.165) is 25.7 Å². The first-order chi connectivity index (χ1) is 10.1. The zero-order valence-electron chi connectivity index (χ0n) is 14.2. The van der Waals surface area contributed by atoms with Crippen LogP contribution in [0.4, 0.5) is 5.69 Å². The van der Waals surface area contributed by atoms with E-state index in [1.165, 1.54) is 6.20 Å². The number of nitro groups is 1. The van der Waals surface area contributed by atoms with Crippen LogP contribution in [0.15, 0.2) is 12.4 Å². The molecule has 1 aliphatic rings. The Morgan fingerprint density at radius 2 is 2.09 bits per heavy atom. The summed E-state index contributed by atoms with van der Waals surface area (Å²) < 4.78 is 8.26. The van der Waals surface area contributed by atoms with Crippen molar-refractivity contribution in [3.63, 3.8) is 0 Å². The van der Waals surface area contributed by atoms with Gasteiger partial charge in [-0.3, -0.25) is 14.8 Å². The number of hydrogen-bond donors (Lipinski definition) is 0. The topological polar surface area (TPSA) is 70.2 Å². The van der Waals surface area contributed by atoms with Gasteiger partial charge in [0.25, 0.3) is 0 Å². The van der Waals surface area contributed by atoms with E-state index in [9.17, 15) is 10.1 Å². The summed E-state index contributed by atoms with van der Waals surface area (Å²) in [7, 11) is -1.77. The molecule has 2 rings (SSSR count). The quantitative estimate of drug-likeness (QED) is 0.470. The molecule has 0 unspecified atom stereocenters. The highest BCUT2D eigenvalue weighted by Gasteiger charge is 2.40. The summed E-state index contributed by atoms with van der Waals surface area (Å²) in [6, 6.07) is 0.206. The van der Waals surface area contributed by atoms with Crippen molar-refractivity contribution in [2.45, 2.75) is 76.7 Å². The van der Waals surface area contributed by atoms with Gasteiger partial charge >= 0.3 is 5.69 Å². The maximum atomic E-state index is 10.8. The van der Waals surface area contributed by atoms with Gasteiger partial charge in [-0.05, 0) is 43.8 Å². The standard InChI is InChI=1S/C15H27N3O3Si/c1-15(2,3)22(4,5)21-14-8-6-7-12(9-14)17-11-13(10-16-17)18(19)20/h10-12,14H,6-9H2,1-5H3/t12-,14+/m1/s1. The van der Waals surface area contributed by atoms with Crippen molar-refractivity contribution in [1.82, 2.24) is 9.78 Å². The normalized spacial score (nSPS) is 23.5. The van der Waals surface area contributed by atoms with Crippen molar-refractivity contribution in [3.8, 4) is 0 Å². The molecule has 6 nitrogen and oxygen atoms in total. The molecule has 124 valence electrons. The van der Waals surface area contributed by atoms with Crippen LogP contribution in [-0.2, 0) is 4.43 Å². The molecule has 1 aromatic heterocycles. The predicted octanol–water partition coefficient (Wildman–Crippen LogP) is 4.30. The molecule has 0 saturated heterocycles. The predicted molar refractivity (Wildman–Crippen MR) is 88.5 cm³/mol. The smallest absolute Gasteiger partial charge is 0.307 e. The molecule has 1 aliphatic carbocycles. The van der Waals surface area contributed by atoms with Crippen LogP contribution in [0.25, 0.3) is 0 Å². The second-order valence-electron chi connectivity index (χ2n) is 7.76. The highest BCUT2D eigenvalue weighted by Crippen LogP contribution is 2.40. The van der Waals surface area contributed by atoms with E-state index in [0.29, 0.717) is 0 Å². The van der Waals surface area contributed by atoms with Gasteiger partial charge in [0, 0.05) is 6.10 Å². The monoisotopic (exact) mass is 325 g/mol. The average molecular weight is 325 g/mol. The first kappa shape index (κ1) is 17.1. The first-order valence-corrected chi connectivity index (χ1v) is 10.9. The second kappa shape index (κ2) is 6.12. The Kier molecular flexibility index (Phi) is 4.77. The lowest BCUT2D eigenvalue weighted by atomic mass is 9.93. The molecule has 1 heterocycles. The van der Waals surface area contributed by atoms with Crippen molar-refractivity contribution < 1.29 is 9.35 Å². The third-order valence-corrected chi connectivity index (χ3v) is 9.57. The lowest BCUT2D eigenvalue weighted by Crippen LogP contribution is -2.45. The summed E-state index contributed by atoms with van der Waals surface area (Å²) in [6.45, 7) is 11.3. The lowest BCUT2D eigenvalue weighted by molar-refractivity contribution is -0.385. The number of aromatic nitrogens is 2. The first-order valence-electron chi connectivity index (χ1n) is 7.96. The highest BCUT2D eigenvalue weighted by atomic mass is 28.4. The van der Waals surface area contributed by atoms with Crippen molar-refractivity contribution >= 4 is 14.0 Å². The van der Waals surface area contributed by atoms with Gasteiger partial charge in [-0.15, -0.1) is 0 Å². The number of hydrogen-bond acceptors (Lipinski definition) is 4. The Balaban J connectivity index is 2.04. The van der Waals surface area contributed by atoms with Crippen LogP contribution < -0.4 is 0 Å². The summed E-state index contributed by atoms with van der Waals surface area (Å²) in [5.74, 6) is 0. The van der Waals surface area contributed by atoms with Crippen molar-refractivity contribution in [3.05, 3.63) is 22.5 Å². The van der Waals surface area contributed by atoms with Gasteiger partial charge in [-0.25, -0.2) is 0 Å². The molecule has 0 bridgehead atoms. The van der Waals surface area contributed by atoms with E-state index >= 15 is 0 Å². The molecular weight excluding hydrogens is 298 g/mol. The lowest BCUT2D eigenvalue weighted by Gasteiger charge is -2.41. The highest BCUT2D eigenvalue weighted by molar-refractivity contribution is 6.74. The molecule has 0 aromatic carbocycles. The molecule has 22 heavy (non-hydrogen) atoms. The van der Waals surface area contributed by atoms with E-state index in [1.807, 2.05) is 0 Å². The molecule has 0 spiro atoms. The minimum Gasteiger partial charge on any atom is -0.414 e. The number of rotatable bonds is 4. The van der Waals surface area contributed by atoms with Crippen LogP contribution in [0.3, 0.4) is 0 Å². The van der Waals surface area contributed by atoms with Gasteiger partial charge < -0.3 is 4.43 Å². The van der Waals surface area contributed by atoms with Crippen LogP contribution in [0.2, 0.25) is 18.1 Å². The summed E-state index contributed by atoms with van der Waals surface area (Å²) >= 11 is 0. The van der Waals surface area contributed by atoms with Crippen LogP contribution >= 0.6 is 0 Å². The Labute approximate surface area is 133 Å². The molecule has 1 saturated carbocycles. The third-order valence-electron chi connectivity index (χ3n) is 5.04. The van der Waals surface area contributed by atoms with Crippen molar-refractivity contribution in [2.24, 2.45) is 0 Å². The Morgan fingerprint density at radius 3 is 2.64 bits per heavy atom. The van der Waals surface area contributed by atoms with Gasteiger partial charge in [0.15, 0.2) is 8.32 Å². The molecule has 0 N–H and O–H groups in total. The van der Waals surface area contributed by atoms with E-state index in [1.54, 1.807) is 10.9 Å². The van der Waals surface area contributed by atoms with E-state index in [4.69, 9.17) is 4.43 Å². The van der Waals surface area contributed by atoms with E-state index in [2.05, 4.69) is 39.0 Å². The Bertz CT molecular complexity index is 536. The molecule has 1 fully saturated rings. The van der Waals surface area contributed by atoms with Crippen LogP contribution in [0, 0.1) is 10.1 Å². The molecule has 2 atom stereocenters. The molecule has 1 aromatic rings. The van der Waals surface area contributed by atoms with Gasteiger partial charge in [0.05, 0.1) is 11.0 Å². The molecule has 0 radical (unpaired) electrons. The zero-order chi connectivity index (χ0) is 16.5. The fourth-order valence-electron chi connectivity index (χ4n) is 2.68. The third kappa shape index (κ3) is 3.75. The summed E-state index contributed by atoms with van der Waals surface area (Å²) in [5, 5.41) is 15.2. The fourth-order valence-corrected chi connectivity index (χ4v) is 4.08. The van der Waals surface area contributed by atoms with Crippen molar-refractivity contribution in [1.29, 1.82) is 0 Å². The minimum absolute atomic E-state index is 0.0624. The maximum Gasteiger partial charge on any atom is 0.307 e. The Morgan fingerprint density at radius 1 is 1.41 bits per heavy atom. The van der Waals surface area contributed by atoms with Crippen molar-refractivity contribution in [2.75, 3.05) is 0 Å². The van der Waals surface area contributed by atoms with Gasteiger partial charge in [-0.2, -0.15) is 5.10 Å². The zero-order valence-corrected chi connectivity index (χ0v) is 15.2. The second-order valence-corrected chi connectivity index (χ2v) is 12.5. The van der Waals surface area contributed by atoms with E-state index in [-0.39, 0.29) is 22.9 Å². The average Bonchev–Trinajstić information content (AvgIpc) is 2.86. The molecule has 7 heteroatoms. The molecular formula is C15H27N3O3Si. The Hall–Kier alpha value is -1.21. The van der Waals surface area contributed by atoms with E-state index < -0.39 is 13.2 Å².